The van der Waals surface area contributed by atoms with Crippen molar-refractivity contribution in [1.82, 2.24) is 0 Å². The van der Waals surface area contributed by atoms with Crippen LogP contribution in [0.15, 0.2) is 23.0 Å². The molecule has 0 amide bonds. The van der Waals surface area contributed by atoms with Crippen LogP contribution >= 0.6 is 0 Å². The minimum absolute atomic E-state index is 0.0164. The van der Waals surface area contributed by atoms with Crippen LogP contribution < -0.4 is 0 Å². The first-order chi connectivity index (χ1) is 19.5. The van der Waals surface area contributed by atoms with E-state index in [0.717, 1.165) is 0 Å². The van der Waals surface area contributed by atoms with Gasteiger partial charge in [-0.05, 0) is 18.4 Å². The predicted octanol–water partition coefficient (Wildman–Crippen LogP) is -0.332. The van der Waals surface area contributed by atoms with Gasteiger partial charge < -0.3 is 53.6 Å². The molecular weight excluding hydrogens is 556 g/mol. The van der Waals surface area contributed by atoms with Gasteiger partial charge in [0, 0.05) is 41.1 Å². The zero-order valence-corrected chi connectivity index (χ0v) is 23.9. The van der Waals surface area contributed by atoms with Gasteiger partial charge in [-0.2, -0.15) is 0 Å². The third-order valence-electron chi connectivity index (χ3n) is 13.1. The highest BCUT2D eigenvalue weighted by molar-refractivity contribution is 5.73. The lowest BCUT2D eigenvalue weighted by atomic mass is 9.32. The van der Waals surface area contributed by atoms with E-state index in [1.807, 2.05) is 0 Å². The molecule has 3 saturated heterocycles. The average Bonchev–Trinajstić information content (AvgIpc) is 3.63. The van der Waals surface area contributed by atoms with Crippen LogP contribution in [0.3, 0.4) is 0 Å². The summed E-state index contributed by atoms with van der Waals surface area (Å²) in [5.74, 6) is -5.26. The molecule has 4 heterocycles. The monoisotopic (exact) mass is 592 g/mol. The number of furan rings is 1. The number of aliphatic hydroxyl groups excluding tert-OH is 4. The number of hydrogen-bond donors (Lipinski definition) is 5. The Morgan fingerprint density at radius 2 is 1.76 bits per heavy atom. The number of carbonyl (C=O) groups is 2. The second-order valence-electron chi connectivity index (χ2n) is 14.3. The fourth-order valence-electron chi connectivity index (χ4n) is 11.8. The second-order valence-corrected chi connectivity index (χ2v) is 14.3. The van der Waals surface area contributed by atoms with Crippen molar-refractivity contribution >= 4 is 11.9 Å². The van der Waals surface area contributed by atoms with Crippen molar-refractivity contribution in [3.8, 4) is 0 Å². The van der Waals surface area contributed by atoms with Crippen molar-refractivity contribution in [3.05, 3.63) is 24.2 Å². The zero-order valence-electron chi connectivity index (χ0n) is 23.9. The summed E-state index contributed by atoms with van der Waals surface area (Å²) in [6, 6.07) is 1.57. The van der Waals surface area contributed by atoms with Crippen molar-refractivity contribution in [1.29, 1.82) is 0 Å². The summed E-state index contributed by atoms with van der Waals surface area (Å²) in [5.41, 5.74) is -12.3. The van der Waals surface area contributed by atoms with Crippen LogP contribution in [-0.4, -0.2) is 97.4 Å². The van der Waals surface area contributed by atoms with Gasteiger partial charge in [-0.1, -0.05) is 20.8 Å². The molecule has 5 N–H and O–H groups in total. The number of rotatable bonds is 3. The SMILES string of the molecule is COC(=O)C[C@H]1[C@@]2(C)CC34OC5(C)O[C@]6([C@@H]7CC(=O)O[C@@H](c8ccoc8)[C@]7(C)[C@@H](O)[C@@H](O)[C@]6(O5)[C@]13C)[C@H](O)[C@@]4(O)[C@H]2O. The van der Waals surface area contributed by atoms with Gasteiger partial charge in [-0.25, -0.2) is 0 Å². The van der Waals surface area contributed by atoms with Crippen molar-refractivity contribution in [2.45, 2.75) is 106 Å². The Kier molecular flexibility index (Phi) is 4.73. The first-order valence-electron chi connectivity index (χ1n) is 14.4. The molecule has 4 bridgehead atoms. The molecule has 13 heteroatoms. The minimum Gasteiger partial charge on any atom is -0.472 e. The van der Waals surface area contributed by atoms with Gasteiger partial charge in [0.1, 0.15) is 40.7 Å². The zero-order chi connectivity index (χ0) is 30.3. The highest BCUT2D eigenvalue weighted by Crippen LogP contribution is 2.89. The lowest BCUT2D eigenvalue weighted by Crippen LogP contribution is -2.96. The standard InChI is InChI=1S/C29H36O13/c1-22-11-26-24(3,13(22)8-15(30)37-5)29-18(33)17(32)23(2)14(9-16(31)39-19(23)12-6-7-38-10-12)28(29,41-25(4,40-26)42-29)21(35)27(26,36)20(22)34/h6-7,10,13-14,17-21,32-36H,8-9,11H2,1-5H3/t13-,14+,17-,18+,19-,20-,21+,22+,23-,24+,25?,26?,27-,28+,29-/m0/s1. The molecule has 7 aliphatic rings. The smallest absolute Gasteiger partial charge is 0.306 e. The third kappa shape index (κ3) is 2.21. The van der Waals surface area contributed by atoms with Gasteiger partial charge in [-0.15, -0.1) is 0 Å². The number of ether oxygens (including phenoxy) is 5. The lowest BCUT2D eigenvalue weighted by Gasteiger charge is -2.78. The van der Waals surface area contributed by atoms with Crippen LogP contribution in [0.25, 0.3) is 0 Å². The maximum Gasteiger partial charge on any atom is 0.306 e. The van der Waals surface area contributed by atoms with Gasteiger partial charge in [0.15, 0.2) is 0 Å². The van der Waals surface area contributed by atoms with Crippen molar-refractivity contribution in [3.63, 3.8) is 0 Å². The molecule has 1 aromatic heterocycles. The number of aliphatic hydroxyl groups is 5. The van der Waals surface area contributed by atoms with E-state index in [1.165, 1.54) is 26.6 Å². The number of carbonyl (C=O) groups excluding carboxylic acids is 2. The molecule has 0 radical (unpaired) electrons. The summed E-state index contributed by atoms with van der Waals surface area (Å²) in [5, 5.41) is 62.0. The molecule has 4 aliphatic carbocycles. The molecule has 0 aromatic carbocycles. The summed E-state index contributed by atoms with van der Waals surface area (Å²) in [6.07, 6.45) is -6.08. The lowest BCUT2D eigenvalue weighted by molar-refractivity contribution is -0.492. The normalized spacial score (nSPS) is 61.6. The van der Waals surface area contributed by atoms with Gasteiger partial charge in [0.25, 0.3) is 5.97 Å². The van der Waals surface area contributed by atoms with E-state index in [4.69, 9.17) is 28.1 Å². The molecular formula is C29H36O13. The highest BCUT2D eigenvalue weighted by atomic mass is 16.9. The first kappa shape index (κ1) is 27.4. The maximum absolute atomic E-state index is 13.4. The van der Waals surface area contributed by atoms with E-state index >= 15 is 0 Å². The van der Waals surface area contributed by atoms with E-state index in [-0.39, 0.29) is 19.3 Å². The molecule has 1 aromatic rings. The molecule has 42 heavy (non-hydrogen) atoms. The van der Waals surface area contributed by atoms with Crippen LogP contribution in [0.5, 0.6) is 0 Å². The first-order valence-corrected chi connectivity index (χ1v) is 14.4. The Morgan fingerprint density at radius 1 is 1.05 bits per heavy atom. The Hall–Kier alpha value is -2.10. The minimum atomic E-state index is -2.39. The summed E-state index contributed by atoms with van der Waals surface area (Å²) >= 11 is 0. The van der Waals surface area contributed by atoms with Gasteiger partial charge in [0.2, 0.25) is 0 Å². The van der Waals surface area contributed by atoms with E-state index in [9.17, 15) is 35.1 Å². The summed E-state index contributed by atoms with van der Waals surface area (Å²) < 4.78 is 36.0. The van der Waals surface area contributed by atoms with Crippen molar-refractivity contribution in [2.24, 2.45) is 28.1 Å². The van der Waals surface area contributed by atoms with Crippen molar-refractivity contribution in [2.75, 3.05) is 7.11 Å². The van der Waals surface area contributed by atoms with Gasteiger partial charge >= 0.3 is 11.9 Å². The van der Waals surface area contributed by atoms with E-state index in [2.05, 4.69) is 0 Å². The van der Waals surface area contributed by atoms with Gasteiger partial charge in [0.05, 0.1) is 38.3 Å². The summed E-state index contributed by atoms with van der Waals surface area (Å²) in [6.45, 7) is 6.45. The fraction of sp³-hybridized carbons (Fsp3) is 0.793. The molecule has 15 atom stereocenters. The molecule has 230 valence electrons. The molecule has 4 saturated carbocycles. The topological polar surface area (TPSA) is 195 Å². The number of methoxy groups -OCH3 is 1. The van der Waals surface area contributed by atoms with Crippen LogP contribution in [0.1, 0.15) is 58.6 Å². The Balaban J connectivity index is 1.46. The van der Waals surface area contributed by atoms with Crippen LogP contribution in [-0.2, 0) is 33.3 Å². The van der Waals surface area contributed by atoms with Gasteiger partial charge in [-0.3, -0.25) is 9.59 Å². The Morgan fingerprint density at radius 3 is 2.40 bits per heavy atom. The number of cyclic esters (lactones) is 1. The predicted molar refractivity (Wildman–Crippen MR) is 134 cm³/mol. The maximum atomic E-state index is 13.4. The third-order valence-corrected chi connectivity index (χ3v) is 13.1. The average molecular weight is 593 g/mol. The van der Waals surface area contributed by atoms with E-state index < -0.39 is 98.9 Å². The quantitative estimate of drug-likeness (QED) is 0.287. The highest BCUT2D eigenvalue weighted by Gasteiger charge is 3.04. The molecule has 7 fully saturated rings. The largest absolute Gasteiger partial charge is 0.472 e. The molecule has 2 unspecified atom stereocenters. The number of hydrogen-bond acceptors (Lipinski definition) is 13. The number of esters is 2. The molecule has 2 spiro atoms. The molecule has 8 rings (SSSR count). The van der Waals surface area contributed by atoms with Crippen LogP contribution in [0, 0.1) is 28.1 Å². The van der Waals surface area contributed by atoms with Crippen molar-refractivity contribution < 1.29 is 63.2 Å². The summed E-state index contributed by atoms with van der Waals surface area (Å²) in [7, 11) is 1.23. The van der Waals surface area contributed by atoms with Crippen LogP contribution in [0.4, 0.5) is 0 Å². The number of fused-ring (bicyclic) bond motifs is 3. The van der Waals surface area contributed by atoms with E-state index in [0.29, 0.717) is 5.56 Å². The Bertz CT molecular complexity index is 1420. The van der Waals surface area contributed by atoms with Crippen LogP contribution in [0.2, 0.25) is 0 Å². The fourth-order valence-corrected chi connectivity index (χ4v) is 11.8. The summed E-state index contributed by atoms with van der Waals surface area (Å²) in [4.78, 5) is 26.3. The second kappa shape index (κ2) is 7.23. The molecule has 3 aliphatic heterocycles. The molecule has 13 nitrogen and oxygen atoms in total. The Labute approximate surface area is 240 Å². The van der Waals surface area contributed by atoms with E-state index in [1.54, 1.807) is 26.8 Å².